The highest BCUT2D eigenvalue weighted by molar-refractivity contribution is 7.90. The molecule has 0 bridgehead atoms. The van der Waals surface area contributed by atoms with Crippen molar-refractivity contribution in [1.29, 1.82) is 0 Å². The fourth-order valence-corrected chi connectivity index (χ4v) is 4.91. The van der Waals surface area contributed by atoms with Crippen LogP contribution in [0.1, 0.15) is 23.6 Å². The first kappa shape index (κ1) is 20.6. The van der Waals surface area contributed by atoms with E-state index in [4.69, 9.17) is 16.7 Å². The Hall–Kier alpha value is -2.63. The number of halogens is 1. The lowest BCUT2D eigenvalue weighted by molar-refractivity contribution is 0.442. The Labute approximate surface area is 182 Å². The molecule has 0 aliphatic carbocycles. The first-order valence-corrected chi connectivity index (χ1v) is 12.0. The molecule has 0 saturated heterocycles. The van der Waals surface area contributed by atoms with Gasteiger partial charge in [-0.2, -0.15) is 5.10 Å². The Kier molecular flexibility index (Phi) is 5.43. The van der Waals surface area contributed by atoms with Crippen molar-refractivity contribution in [3.05, 3.63) is 101 Å². The second kappa shape index (κ2) is 7.89. The lowest BCUT2D eigenvalue weighted by atomic mass is 9.66. The first-order valence-electron chi connectivity index (χ1n) is 9.75. The summed E-state index contributed by atoms with van der Waals surface area (Å²) >= 11 is 6.17. The maximum absolute atomic E-state index is 11.9. The third-order valence-electron chi connectivity index (χ3n) is 5.77. The minimum atomic E-state index is -3.26. The van der Waals surface area contributed by atoms with Crippen molar-refractivity contribution < 1.29 is 8.42 Å². The molecule has 3 aromatic rings. The van der Waals surface area contributed by atoms with Gasteiger partial charge in [0.2, 0.25) is 0 Å². The normalized spacial score (nSPS) is 21.2. The second-order valence-corrected chi connectivity index (χ2v) is 10.2. The zero-order valence-electron chi connectivity index (χ0n) is 16.8. The summed E-state index contributed by atoms with van der Waals surface area (Å²) in [7, 11) is -3.26. The van der Waals surface area contributed by atoms with Gasteiger partial charge in [-0.25, -0.2) is 8.42 Å². The van der Waals surface area contributed by atoms with E-state index in [9.17, 15) is 8.42 Å². The van der Waals surface area contributed by atoms with Crippen molar-refractivity contribution in [2.75, 3.05) is 6.26 Å². The predicted octanol–water partition coefficient (Wildman–Crippen LogP) is 4.62. The highest BCUT2D eigenvalue weighted by atomic mass is 35.5. The molecule has 0 radical (unpaired) electrons. The number of nitrogens with zero attached hydrogens (tertiary/aromatic N) is 1. The van der Waals surface area contributed by atoms with Gasteiger partial charge in [-0.15, -0.1) is 0 Å². The fourth-order valence-electron chi connectivity index (χ4n) is 4.15. The number of hydrogen-bond donors (Lipinski definition) is 1. The van der Waals surface area contributed by atoms with Crippen LogP contribution in [0.4, 0.5) is 0 Å². The largest absolute Gasteiger partial charge is 0.306 e. The van der Waals surface area contributed by atoms with Crippen LogP contribution in [0.5, 0.6) is 0 Å². The molecular formula is C24H23ClN2O2S. The Bertz CT molecular complexity index is 1170. The molecule has 154 valence electrons. The summed E-state index contributed by atoms with van der Waals surface area (Å²) in [6, 6.07) is 25.2. The van der Waals surface area contributed by atoms with E-state index in [1.807, 2.05) is 42.5 Å². The van der Waals surface area contributed by atoms with E-state index in [-0.39, 0.29) is 6.04 Å². The van der Waals surface area contributed by atoms with Crippen molar-refractivity contribution >= 4 is 27.1 Å². The van der Waals surface area contributed by atoms with Crippen LogP contribution in [-0.2, 0) is 21.7 Å². The Morgan fingerprint density at radius 1 is 0.967 bits per heavy atom. The average Bonchev–Trinajstić information content (AvgIpc) is 3.05. The van der Waals surface area contributed by atoms with E-state index >= 15 is 0 Å². The molecule has 4 nitrogen and oxygen atoms in total. The van der Waals surface area contributed by atoms with Crippen LogP contribution in [0, 0.1) is 0 Å². The van der Waals surface area contributed by atoms with Gasteiger partial charge >= 0.3 is 0 Å². The van der Waals surface area contributed by atoms with Gasteiger partial charge < -0.3 is 5.43 Å². The predicted molar refractivity (Wildman–Crippen MR) is 122 cm³/mol. The maximum atomic E-state index is 11.9. The first-order chi connectivity index (χ1) is 14.3. The van der Waals surface area contributed by atoms with Gasteiger partial charge in [0, 0.05) is 11.3 Å². The quantitative estimate of drug-likeness (QED) is 0.632. The summed E-state index contributed by atoms with van der Waals surface area (Å²) in [4.78, 5) is 0.297. The fraction of sp³-hybridized carbons (Fsp3) is 0.208. The van der Waals surface area contributed by atoms with Crippen molar-refractivity contribution in [3.8, 4) is 0 Å². The van der Waals surface area contributed by atoms with Gasteiger partial charge in [0.05, 0.1) is 22.1 Å². The zero-order chi connectivity index (χ0) is 21.4. The minimum absolute atomic E-state index is 0.0310. The summed E-state index contributed by atoms with van der Waals surface area (Å²) in [5.74, 6) is 0. The maximum Gasteiger partial charge on any atom is 0.175 e. The summed E-state index contributed by atoms with van der Waals surface area (Å²) < 4.78 is 23.8. The van der Waals surface area contributed by atoms with Gasteiger partial charge in [0.1, 0.15) is 0 Å². The van der Waals surface area contributed by atoms with Crippen LogP contribution in [-0.4, -0.2) is 26.4 Å². The number of nitrogens with one attached hydrogen (secondary N) is 1. The monoisotopic (exact) mass is 438 g/mol. The molecule has 3 aromatic carbocycles. The molecule has 0 spiro atoms. The zero-order valence-corrected chi connectivity index (χ0v) is 18.4. The van der Waals surface area contributed by atoms with Crippen LogP contribution >= 0.6 is 11.6 Å². The van der Waals surface area contributed by atoms with Gasteiger partial charge in [-0.05, 0) is 54.3 Å². The van der Waals surface area contributed by atoms with Crippen molar-refractivity contribution in [2.45, 2.75) is 29.7 Å². The van der Waals surface area contributed by atoms with Crippen LogP contribution < -0.4 is 5.43 Å². The van der Waals surface area contributed by atoms with Gasteiger partial charge in [-0.3, -0.25) is 0 Å². The molecule has 4 rings (SSSR count). The molecule has 1 aliphatic heterocycles. The molecule has 2 atom stereocenters. The smallest absolute Gasteiger partial charge is 0.175 e. The summed E-state index contributed by atoms with van der Waals surface area (Å²) in [6.07, 6.45) is 1.96. The summed E-state index contributed by atoms with van der Waals surface area (Å²) in [5.41, 5.74) is 6.93. The molecule has 2 unspecified atom stereocenters. The number of benzene rings is 3. The third kappa shape index (κ3) is 3.75. The molecule has 30 heavy (non-hydrogen) atoms. The molecule has 1 heterocycles. The second-order valence-electron chi connectivity index (χ2n) is 7.75. The van der Waals surface area contributed by atoms with Crippen LogP contribution in [0.2, 0.25) is 5.02 Å². The van der Waals surface area contributed by atoms with Crippen LogP contribution in [0.15, 0.2) is 88.9 Å². The van der Waals surface area contributed by atoms with E-state index in [0.29, 0.717) is 9.92 Å². The van der Waals surface area contributed by atoms with Crippen molar-refractivity contribution in [1.82, 2.24) is 5.43 Å². The Balaban J connectivity index is 1.86. The highest BCUT2D eigenvalue weighted by Crippen LogP contribution is 2.40. The molecule has 1 N–H and O–H groups in total. The van der Waals surface area contributed by atoms with Gasteiger partial charge in [0.15, 0.2) is 9.84 Å². The van der Waals surface area contributed by atoms with E-state index in [1.165, 1.54) is 11.8 Å². The third-order valence-corrected chi connectivity index (χ3v) is 7.15. The molecule has 0 aromatic heterocycles. The van der Waals surface area contributed by atoms with Gasteiger partial charge in [-0.1, -0.05) is 66.2 Å². The number of hydrogen-bond acceptors (Lipinski definition) is 4. The SMILES string of the molecule is CC1NN=C(c2ccc(S(C)(=O)=O)cc2)C1(Cc1ccccc1)c1ccc(Cl)cc1. The number of sulfone groups is 1. The molecule has 0 saturated carbocycles. The average molecular weight is 439 g/mol. The molecule has 0 amide bonds. The summed E-state index contributed by atoms with van der Waals surface area (Å²) in [6.45, 7) is 2.12. The highest BCUT2D eigenvalue weighted by Gasteiger charge is 2.47. The van der Waals surface area contributed by atoms with E-state index in [2.05, 4.69) is 36.6 Å². The van der Waals surface area contributed by atoms with E-state index in [0.717, 1.165) is 23.3 Å². The number of rotatable bonds is 5. The van der Waals surface area contributed by atoms with Gasteiger partial charge in [0.25, 0.3) is 0 Å². The van der Waals surface area contributed by atoms with Crippen molar-refractivity contribution in [3.63, 3.8) is 0 Å². The topological polar surface area (TPSA) is 58.5 Å². The molecule has 1 aliphatic rings. The van der Waals surface area contributed by atoms with E-state index < -0.39 is 15.3 Å². The molecule has 0 fully saturated rings. The Morgan fingerprint density at radius 3 is 2.20 bits per heavy atom. The van der Waals surface area contributed by atoms with E-state index in [1.54, 1.807) is 12.1 Å². The summed E-state index contributed by atoms with van der Waals surface area (Å²) in [5, 5.41) is 5.40. The van der Waals surface area contributed by atoms with Crippen molar-refractivity contribution in [2.24, 2.45) is 5.10 Å². The lowest BCUT2D eigenvalue weighted by Crippen LogP contribution is -2.47. The van der Waals surface area contributed by atoms with Crippen LogP contribution in [0.25, 0.3) is 0 Å². The molecule has 6 heteroatoms. The number of hydrazone groups is 1. The Morgan fingerprint density at radius 2 is 1.60 bits per heavy atom. The van der Waals surface area contributed by atoms with Crippen LogP contribution in [0.3, 0.4) is 0 Å². The lowest BCUT2D eigenvalue weighted by Gasteiger charge is -2.35. The minimum Gasteiger partial charge on any atom is -0.306 e. The standard InChI is InChI=1S/C24H23ClN2O2S/c1-17-24(16-18-6-4-3-5-7-18,20-10-12-21(25)13-11-20)23(27-26-17)19-8-14-22(15-9-19)30(2,28)29/h3-15,17,26H,16H2,1-2H3. The molecular weight excluding hydrogens is 416 g/mol.